The predicted molar refractivity (Wildman–Crippen MR) is 142 cm³/mol. The van der Waals surface area contributed by atoms with Gasteiger partial charge >= 0.3 is 0 Å². The molecule has 1 aliphatic rings. The lowest BCUT2D eigenvalue weighted by Crippen LogP contribution is -2.38. The number of nitrogens with one attached hydrogen (secondary N) is 2. The summed E-state index contributed by atoms with van der Waals surface area (Å²) in [6, 6.07) is 6.86. The highest BCUT2D eigenvalue weighted by atomic mass is 16.5. The summed E-state index contributed by atoms with van der Waals surface area (Å²) in [5.41, 5.74) is 3.81. The summed E-state index contributed by atoms with van der Waals surface area (Å²) in [5.74, 6) is 0.695. The molecule has 2 N–H and O–H groups in total. The minimum atomic E-state index is -0.325. The maximum atomic E-state index is 13.7. The molecule has 10 heteroatoms. The van der Waals surface area contributed by atoms with Gasteiger partial charge in [0, 0.05) is 56.8 Å². The normalized spacial score (nSPS) is 14.0. The van der Waals surface area contributed by atoms with Crippen LogP contribution in [0.1, 0.15) is 28.4 Å². The van der Waals surface area contributed by atoms with Gasteiger partial charge in [-0.2, -0.15) is 5.10 Å². The highest BCUT2D eigenvalue weighted by molar-refractivity contribution is 6.09. The number of hydrogen-bond donors (Lipinski definition) is 2. The number of methoxy groups -OCH3 is 1. The first-order chi connectivity index (χ1) is 17.3. The molecule has 0 aliphatic carbocycles. The highest BCUT2D eigenvalue weighted by Crippen LogP contribution is 2.32. The number of hydrogen-bond acceptors (Lipinski definition) is 8. The number of carbonyl (C=O) groups excluding carboxylic acids is 1. The molecule has 4 rings (SSSR count). The van der Waals surface area contributed by atoms with E-state index in [1.54, 1.807) is 30.4 Å². The van der Waals surface area contributed by atoms with Gasteiger partial charge in [0.15, 0.2) is 0 Å². The molecule has 0 spiro atoms. The number of aromatic amines is 1. The van der Waals surface area contributed by atoms with E-state index in [1.807, 2.05) is 31.0 Å². The Morgan fingerprint density at radius 2 is 2.06 bits per heavy atom. The van der Waals surface area contributed by atoms with Crippen LogP contribution in [0.2, 0.25) is 0 Å². The van der Waals surface area contributed by atoms with Crippen molar-refractivity contribution in [2.75, 3.05) is 50.7 Å². The molecule has 3 heterocycles. The fourth-order valence-corrected chi connectivity index (χ4v) is 4.17. The van der Waals surface area contributed by atoms with Gasteiger partial charge in [0.1, 0.15) is 11.6 Å². The first-order valence-electron chi connectivity index (χ1n) is 11.5. The van der Waals surface area contributed by atoms with E-state index >= 15 is 0 Å². The number of benzene rings is 1. The second-order valence-electron chi connectivity index (χ2n) is 8.59. The van der Waals surface area contributed by atoms with Crippen LogP contribution in [-0.4, -0.2) is 68.1 Å². The lowest BCUT2D eigenvalue weighted by atomic mass is 10.1. The molecule has 1 aromatic carbocycles. The van der Waals surface area contributed by atoms with E-state index in [0.29, 0.717) is 54.6 Å². The number of amides is 1. The molecule has 0 bridgehead atoms. The number of morpholine rings is 1. The summed E-state index contributed by atoms with van der Waals surface area (Å²) in [4.78, 5) is 35.1. The van der Waals surface area contributed by atoms with Crippen molar-refractivity contribution in [1.29, 1.82) is 0 Å². The molecule has 1 amide bonds. The standard InChI is InChI=1S/C26H30N6O4/c1-16-10-24(33)29-21-13-23(35-5)22(12-19(16)21)30-26(34)20-11-18(17(2)15-31(4)27-3)14-28-25(20)32-6-8-36-9-7-32/h10-15H,3,6-9H2,1-2,4-5H3,(H,29,33)(H,30,34)/b17-15+. The van der Waals surface area contributed by atoms with Crippen molar-refractivity contribution in [1.82, 2.24) is 15.0 Å². The molecule has 0 atom stereocenters. The van der Waals surface area contributed by atoms with Crippen molar-refractivity contribution in [3.05, 3.63) is 63.7 Å². The number of rotatable bonds is 7. The zero-order chi connectivity index (χ0) is 25.8. The highest BCUT2D eigenvalue weighted by Gasteiger charge is 2.22. The molecule has 3 aromatic rings. The molecule has 0 saturated carbocycles. The Bertz CT molecular complexity index is 1390. The summed E-state index contributed by atoms with van der Waals surface area (Å²) < 4.78 is 11.0. The van der Waals surface area contributed by atoms with E-state index in [2.05, 4.69) is 27.1 Å². The van der Waals surface area contributed by atoms with Crippen molar-refractivity contribution >= 4 is 40.6 Å². The van der Waals surface area contributed by atoms with Crippen LogP contribution < -0.4 is 20.5 Å². The van der Waals surface area contributed by atoms with Crippen LogP contribution in [-0.2, 0) is 4.74 Å². The average Bonchev–Trinajstić information content (AvgIpc) is 2.88. The molecule has 0 radical (unpaired) electrons. The van der Waals surface area contributed by atoms with Crippen molar-refractivity contribution in [2.24, 2.45) is 5.10 Å². The lowest BCUT2D eigenvalue weighted by Gasteiger charge is -2.29. The molecule has 1 fully saturated rings. The third kappa shape index (κ3) is 5.23. The number of carbonyl (C=O) groups is 1. The molecular weight excluding hydrogens is 460 g/mol. The first kappa shape index (κ1) is 24.9. The number of ether oxygens (including phenoxy) is 2. The van der Waals surface area contributed by atoms with E-state index in [-0.39, 0.29) is 11.5 Å². The largest absolute Gasteiger partial charge is 0.494 e. The Balaban J connectivity index is 1.77. The fraction of sp³-hybridized carbons (Fsp3) is 0.308. The summed E-state index contributed by atoms with van der Waals surface area (Å²) in [6.45, 7) is 9.70. The molecule has 1 aliphatic heterocycles. The monoisotopic (exact) mass is 490 g/mol. The summed E-state index contributed by atoms with van der Waals surface area (Å²) >= 11 is 0. The second-order valence-corrected chi connectivity index (χ2v) is 8.59. The van der Waals surface area contributed by atoms with E-state index in [0.717, 1.165) is 22.1 Å². The van der Waals surface area contributed by atoms with Gasteiger partial charge in [-0.05, 0) is 42.7 Å². The number of nitrogens with zero attached hydrogens (tertiary/aromatic N) is 4. The molecule has 10 nitrogen and oxygen atoms in total. The van der Waals surface area contributed by atoms with Crippen molar-refractivity contribution < 1.29 is 14.3 Å². The van der Waals surface area contributed by atoms with Crippen molar-refractivity contribution in [2.45, 2.75) is 13.8 Å². The summed E-state index contributed by atoms with van der Waals surface area (Å²) in [7, 11) is 3.30. The van der Waals surface area contributed by atoms with E-state index in [9.17, 15) is 9.59 Å². The molecule has 0 unspecified atom stereocenters. The summed E-state index contributed by atoms with van der Waals surface area (Å²) in [5, 5.41) is 9.27. The van der Waals surface area contributed by atoms with Gasteiger partial charge in [0.2, 0.25) is 5.56 Å². The number of anilines is 2. The van der Waals surface area contributed by atoms with E-state index in [1.165, 1.54) is 13.2 Å². The van der Waals surface area contributed by atoms with Crippen LogP contribution in [0.5, 0.6) is 5.75 Å². The number of aryl methyl sites for hydroxylation is 1. The molecule has 2 aromatic heterocycles. The van der Waals surface area contributed by atoms with Gasteiger partial charge in [-0.3, -0.25) is 14.6 Å². The van der Waals surface area contributed by atoms with E-state index < -0.39 is 0 Å². The quantitative estimate of drug-likeness (QED) is 0.386. The predicted octanol–water partition coefficient (Wildman–Crippen LogP) is 3.24. The second kappa shape index (κ2) is 10.6. The van der Waals surface area contributed by atoms with Gasteiger partial charge < -0.3 is 24.7 Å². The van der Waals surface area contributed by atoms with Crippen LogP contribution in [0.3, 0.4) is 0 Å². The minimum absolute atomic E-state index is 0.197. The van der Waals surface area contributed by atoms with Crippen LogP contribution in [0, 0.1) is 6.92 Å². The Morgan fingerprint density at radius 1 is 1.31 bits per heavy atom. The first-order valence-corrected chi connectivity index (χ1v) is 11.5. The topological polar surface area (TPSA) is 112 Å². The molecule has 36 heavy (non-hydrogen) atoms. The number of allylic oxidation sites excluding steroid dienone is 1. The Labute approximate surface area is 209 Å². The zero-order valence-electron chi connectivity index (χ0n) is 20.9. The molecular formula is C26H30N6O4. The SMILES string of the molecule is C=NN(C)/C=C(\C)c1cnc(N2CCOCC2)c(C(=O)Nc2cc3c(C)cc(=O)[nH]c3cc2OC)c1. The van der Waals surface area contributed by atoms with Gasteiger partial charge in [0.05, 0.1) is 37.1 Å². The number of aromatic nitrogens is 2. The maximum absolute atomic E-state index is 13.7. The van der Waals surface area contributed by atoms with Gasteiger partial charge in [-0.15, -0.1) is 0 Å². The van der Waals surface area contributed by atoms with Gasteiger partial charge in [0.25, 0.3) is 5.91 Å². The number of pyridine rings is 2. The van der Waals surface area contributed by atoms with Gasteiger partial charge in [-0.25, -0.2) is 4.98 Å². The Kier molecular flexibility index (Phi) is 7.35. The van der Waals surface area contributed by atoms with Crippen LogP contribution >= 0.6 is 0 Å². The van der Waals surface area contributed by atoms with Crippen molar-refractivity contribution in [3.63, 3.8) is 0 Å². The van der Waals surface area contributed by atoms with Crippen LogP contribution in [0.15, 0.2) is 46.6 Å². The number of hydrazone groups is 1. The van der Waals surface area contributed by atoms with Crippen molar-refractivity contribution in [3.8, 4) is 5.75 Å². The van der Waals surface area contributed by atoms with Gasteiger partial charge in [-0.1, -0.05) is 0 Å². The lowest BCUT2D eigenvalue weighted by molar-refractivity contribution is 0.102. The maximum Gasteiger partial charge on any atom is 0.259 e. The van der Waals surface area contributed by atoms with Crippen LogP contribution in [0.4, 0.5) is 11.5 Å². The zero-order valence-corrected chi connectivity index (χ0v) is 20.9. The minimum Gasteiger partial charge on any atom is -0.494 e. The smallest absolute Gasteiger partial charge is 0.259 e. The third-order valence-electron chi connectivity index (χ3n) is 6.10. The fourth-order valence-electron chi connectivity index (χ4n) is 4.17. The number of fused-ring (bicyclic) bond motifs is 1. The Hall–Kier alpha value is -4.18. The third-order valence-corrected chi connectivity index (χ3v) is 6.10. The number of H-pyrrole nitrogens is 1. The van der Waals surface area contributed by atoms with Crippen LogP contribution in [0.25, 0.3) is 16.5 Å². The summed E-state index contributed by atoms with van der Waals surface area (Å²) in [6.07, 6.45) is 3.57. The Morgan fingerprint density at radius 3 is 2.75 bits per heavy atom. The van der Waals surface area contributed by atoms with E-state index in [4.69, 9.17) is 9.47 Å². The molecule has 188 valence electrons. The molecule has 1 saturated heterocycles. The average molecular weight is 491 g/mol.